The molecule has 4 nitrogen and oxygen atoms in total. The Kier molecular flexibility index (Phi) is 3.72. The van der Waals surface area contributed by atoms with E-state index in [1.54, 1.807) is 0 Å². The third kappa shape index (κ3) is 2.48. The second-order valence-corrected chi connectivity index (χ2v) is 4.49. The van der Waals surface area contributed by atoms with Gasteiger partial charge >= 0.3 is 0 Å². The summed E-state index contributed by atoms with van der Waals surface area (Å²) in [5.74, 6) is -2.14. The number of nitrogens with two attached hydrogens (primary N) is 2. The number of halogens is 2. The zero-order valence-corrected chi connectivity index (χ0v) is 10.9. The Morgan fingerprint density at radius 3 is 2.00 bits per heavy atom. The van der Waals surface area contributed by atoms with Crippen LogP contribution in [0.1, 0.15) is 20.7 Å². The summed E-state index contributed by atoms with van der Waals surface area (Å²) < 4.78 is 13.6. The molecule has 2 amide bonds. The molecule has 0 bridgehead atoms. The number of amides is 2. The van der Waals surface area contributed by atoms with E-state index in [0.29, 0.717) is 5.56 Å². The molecular formula is C14H10ClFN2O2. The molecule has 2 aromatic carbocycles. The van der Waals surface area contributed by atoms with Crippen molar-refractivity contribution >= 4 is 23.4 Å². The monoisotopic (exact) mass is 292 g/mol. The highest BCUT2D eigenvalue weighted by Gasteiger charge is 2.18. The summed E-state index contributed by atoms with van der Waals surface area (Å²) >= 11 is 5.61. The highest BCUT2D eigenvalue weighted by Crippen LogP contribution is 2.30. The fourth-order valence-corrected chi connectivity index (χ4v) is 2.04. The number of rotatable bonds is 3. The lowest BCUT2D eigenvalue weighted by molar-refractivity contribution is 0.0999. The number of carbonyl (C=O) groups excluding carboxylic acids is 2. The average Bonchev–Trinajstić information content (AvgIpc) is 2.41. The molecule has 0 atom stereocenters. The zero-order chi connectivity index (χ0) is 14.9. The van der Waals surface area contributed by atoms with Gasteiger partial charge in [-0.15, -0.1) is 0 Å². The minimum Gasteiger partial charge on any atom is -0.366 e. The Morgan fingerprint density at radius 1 is 1.00 bits per heavy atom. The van der Waals surface area contributed by atoms with Crippen molar-refractivity contribution in [1.29, 1.82) is 0 Å². The fraction of sp³-hybridized carbons (Fsp3) is 0. The van der Waals surface area contributed by atoms with Gasteiger partial charge < -0.3 is 11.5 Å². The van der Waals surface area contributed by atoms with Crippen LogP contribution in [0.25, 0.3) is 11.1 Å². The van der Waals surface area contributed by atoms with Gasteiger partial charge in [0, 0.05) is 16.7 Å². The number of benzene rings is 2. The minimum atomic E-state index is -0.738. The van der Waals surface area contributed by atoms with Gasteiger partial charge in [-0.25, -0.2) is 4.39 Å². The lowest BCUT2D eigenvalue weighted by Gasteiger charge is -2.11. The van der Waals surface area contributed by atoms with E-state index in [1.165, 1.54) is 30.3 Å². The molecule has 0 spiro atoms. The van der Waals surface area contributed by atoms with Crippen molar-refractivity contribution in [3.8, 4) is 11.1 Å². The van der Waals surface area contributed by atoms with Gasteiger partial charge in [0.1, 0.15) is 5.82 Å². The van der Waals surface area contributed by atoms with Crippen LogP contribution in [0.3, 0.4) is 0 Å². The van der Waals surface area contributed by atoms with Gasteiger partial charge in [-0.05, 0) is 29.8 Å². The first-order valence-corrected chi connectivity index (χ1v) is 5.97. The van der Waals surface area contributed by atoms with E-state index < -0.39 is 17.6 Å². The molecule has 4 N–H and O–H groups in total. The molecule has 0 saturated heterocycles. The summed E-state index contributed by atoms with van der Waals surface area (Å²) in [4.78, 5) is 22.9. The van der Waals surface area contributed by atoms with Crippen LogP contribution < -0.4 is 11.5 Å². The normalized spacial score (nSPS) is 10.3. The van der Waals surface area contributed by atoms with Gasteiger partial charge in [0.2, 0.25) is 11.8 Å². The molecule has 0 heterocycles. The van der Waals surface area contributed by atoms with E-state index in [4.69, 9.17) is 23.1 Å². The maximum absolute atomic E-state index is 13.6. The van der Waals surface area contributed by atoms with Crippen LogP contribution in [-0.4, -0.2) is 11.8 Å². The van der Waals surface area contributed by atoms with Gasteiger partial charge in [-0.3, -0.25) is 9.59 Å². The molecule has 0 aliphatic rings. The third-order valence-electron chi connectivity index (χ3n) is 2.80. The molecule has 0 unspecified atom stereocenters. The van der Waals surface area contributed by atoms with E-state index in [2.05, 4.69) is 0 Å². The van der Waals surface area contributed by atoms with Gasteiger partial charge in [-0.2, -0.15) is 0 Å². The molecule has 2 rings (SSSR count). The van der Waals surface area contributed by atoms with Gasteiger partial charge in [-0.1, -0.05) is 23.7 Å². The third-order valence-corrected chi connectivity index (χ3v) is 3.11. The Balaban J connectivity index is 2.79. The van der Waals surface area contributed by atoms with Crippen molar-refractivity contribution in [2.45, 2.75) is 0 Å². The van der Waals surface area contributed by atoms with Gasteiger partial charge in [0.15, 0.2) is 0 Å². The molecule has 102 valence electrons. The van der Waals surface area contributed by atoms with Crippen LogP contribution in [0, 0.1) is 5.82 Å². The first-order chi connectivity index (χ1) is 9.41. The van der Waals surface area contributed by atoms with Crippen molar-refractivity contribution in [3.63, 3.8) is 0 Å². The molecular weight excluding hydrogens is 283 g/mol. The molecule has 0 aliphatic carbocycles. The first kappa shape index (κ1) is 14.0. The van der Waals surface area contributed by atoms with Crippen LogP contribution in [-0.2, 0) is 0 Å². The average molecular weight is 293 g/mol. The van der Waals surface area contributed by atoms with Crippen molar-refractivity contribution in [2.75, 3.05) is 0 Å². The molecule has 0 saturated carbocycles. The van der Waals surface area contributed by atoms with E-state index in [1.807, 2.05) is 0 Å². The van der Waals surface area contributed by atoms with Crippen LogP contribution >= 0.6 is 11.6 Å². The Hall–Kier alpha value is -2.40. The molecule has 2 aromatic rings. The highest BCUT2D eigenvalue weighted by atomic mass is 35.5. The summed E-state index contributed by atoms with van der Waals surface area (Å²) in [6, 6.07) is 8.30. The maximum Gasteiger partial charge on any atom is 0.249 e. The van der Waals surface area contributed by atoms with Crippen LogP contribution in [0.15, 0.2) is 36.4 Å². The number of carbonyl (C=O) groups is 2. The molecule has 6 heteroatoms. The quantitative estimate of drug-likeness (QED) is 0.909. The topological polar surface area (TPSA) is 86.2 Å². The van der Waals surface area contributed by atoms with Gasteiger partial charge in [0.05, 0.1) is 5.02 Å². The first-order valence-electron chi connectivity index (χ1n) is 5.60. The predicted molar refractivity (Wildman–Crippen MR) is 73.9 cm³/mol. The summed E-state index contributed by atoms with van der Waals surface area (Å²) in [7, 11) is 0. The van der Waals surface area contributed by atoms with Crippen LogP contribution in [0.2, 0.25) is 5.02 Å². The van der Waals surface area contributed by atoms with Crippen LogP contribution in [0.5, 0.6) is 0 Å². The number of primary amides is 2. The summed E-state index contributed by atoms with van der Waals surface area (Å²) in [5, 5.41) is -0.0640. The van der Waals surface area contributed by atoms with Gasteiger partial charge in [0.25, 0.3) is 0 Å². The minimum absolute atomic E-state index is 0.0640. The summed E-state index contributed by atoms with van der Waals surface area (Å²) in [6.07, 6.45) is 0. The Labute approximate surface area is 119 Å². The lowest BCUT2D eigenvalue weighted by atomic mass is 9.93. The van der Waals surface area contributed by atoms with E-state index in [-0.39, 0.29) is 21.7 Å². The summed E-state index contributed by atoms with van der Waals surface area (Å²) in [6.45, 7) is 0. The highest BCUT2D eigenvalue weighted by molar-refractivity contribution is 6.30. The number of hydrogen-bond donors (Lipinski definition) is 2. The van der Waals surface area contributed by atoms with Crippen molar-refractivity contribution in [1.82, 2.24) is 0 Å². The summed E-state index contributed by atoms with van der Waals surface area (Å²) in [5.41, 5.74) is 11.2. The molecule has 0 radical (unpaired) electrons. The van der Waals surface area contributed by atoms with E-state index in [0.717, 1.165) is 6.07 Å². The second kappa shape index (κ2) is 5.30. The van der Waals surface area contributed by atoms with Crippen molar-refractivity contribution < 1.29 is 14.0 Å². The molecule has 0 aliphatic heterocycles. The van der Waals surface area contributed by atoms with Crippen LogP contribution in [0.4, 0.5) is 4.39 Å². The fourth-order valence-electron chi connectivity index (χ4n) is 1.93. The second-order valence-electron chi connectivity index (χ2n) is 4.09. The zero-order valence-electron chi connectivity index (χ0n) is 10.2. The predicted octanol–water partition coefficient (Wildman–Crippen LogP) is 2.34. The molecule has 0 fully saturated rings. The Morgan fingerprint density at radius 2 is 1.55 bits per heavy atom. The Bertz CT molecular complexity index is 684. The standard InChI is InChI=1S/C14H10ClFN2O2/c15-10-5-4-7(6-11(10)16)12-8(13(17)19)2-1-3-9(12)14(18)20/h1-6H,(H2,17,19)(H2,18,20). The molecule has 20 heavy (non-hydrogen) atoms. The van der Waals surface area contributed by atoms with Crippen molar-refractivity contribution in [3.05, 3.63) is 58.4 Å². The lowest BCUT2D eigenvalue weighted by Crippen LogP contribution is -2.18. The largest absolute Gasteiger partial charge is 0.366 e. The SMILES string of the molecule is NC(=O)c1cccc(C(N)=O)c1-c1ccc(Cl)c(F)c1. The van der Waals surface area contributed by atoms with E-state index >= 15 is 0 Å². The molecule has 0 aromatic heterocycles. The number of hydrogen-bond acceptors (Lipinski definition) is 2. The van der Waals surface area contributed by atoms with Crippen molar-refractivity contribution in [2.24, 2.45) is 11.5 Å². The smallest absolute Gasteiger partial charge is 0.249 e. The van der Waals surface area contributed by atoms with E-state index in [9.17, 15) is 14.0 Å². The maximum atomic E-state index is 13.6.